The van der Waals surface area contributed by atoms with Crippen LogP contribution in [0.2, 0.25) is 0 Å². The summed E-state index contributed by atoms with van der Waals surface area (Å²) in [5, 5.41) is 8.16. The molecule has 0 unspecified atom stereocenters. The molecular weight excluding hydrogens is 232 g/mol. The molecule has 2 rings (SSSR count). The lowest BCUT2D eigenvalue weighted by molar-refractivity contribution is -0.136. The number of aliphatic carboxylic acids is 1. The Hall–Kier alpha value is -2.24. The monoisotopic (exact) mass is 239 g/mol. The lowest BCUT2D eigenvalue weighted by Gasteiger charge is -2.03. The van der Waals surface area contributed by atoms with Gasteiger partial charge < -0.3 is 10.1 Å². The highest BCUT2D eigenvalue weighted by Gasteiger charge is 2.12. The number of benzene rings is 1. The molecule has 0 saturated heterocycles. The van der Waals surface area contributed by atoms with Crippen LogP contribution in [0.15, 0.2) is 23.0 Å². The minimum atomic E-state index is -1.17. The molecule has 0 aliphatic rings. The van der Waals surface area contributed by atoms with E-state index in [4.69, 9.17) is 5.11 Å². The van der Waals surface area contributed by atoms with Crippen molar-refractivity contribution >= 4 is 16.9 Å². The number of carboxylic acid groups (broad SMARTS) is 1. The lowest BCUT2D eigenvalue weighted by atomic mass is 10.1. The summed E-state index contributed by atoms with van der Waals surface area (Å²) < 4.78 is 26.7. The average molecular weight is 239 g/mol. The zero-order valence-corrected chi connectivity index (χ0v) is 8.46. The molecule has 1 heterocycles. The number of fused-ring (bicyclic) bond motifs is 1. The summed E-state index contributed by atoms with van der Waals surface area (Å²) in [6.45, 7) is 0. The SMILES string of the molecule is O=C(O)Cc1cc(=O)c2c(F)ccc(F)c2[nH]1. The number of nitrogens with one attached hydrogen (secondary N) is 1. The summed E-state index contributed by atoms with van der Waals surface area (Å²) in [4.78, 5) is 24.4. The van der Waals surface area contributed by atoms with Gasteiger partial charge in [0.05, 0.1) is 17.3 Å². The number of carbonyl (C=O) groups is 1. The molecule has 0 fully saturated rings. The lowest BCUT2D eigenvalue weighted by Crippen LogP contribution is -2.11. The molecule has 0 aliphatic carbocycles. The van der Waals surface area contributed by atoms with Crippen molar-refractivity contribution in [2.24, 2.45) is 0 Å². The molecule has 0 spiro atoms. The van der Waals surface area contributed by atoms with Gasteiger partial charge >= 0.3 is 5.97 Å². The second kappa shape index (κ2) is 3.97. The van der Waals surface area contributed by atoms with Crippen molar-refractivity contribution in [1.29, 1.82) is 0 Å². The van der Waals surface area contributed by atoms with Gasteiger partial charge in [0.25, 0.3) is 0 Å². The normalized spacial score (nSPS) is 10.7. The van der Waals surface area contributed by atoms with E-state index in [2.05, 4.69) is 4.98 Å². The van der Waals surface area contributed by atoms with Gasteiger partial charge in [-0.3, -0.25) is 9.59 Å². The highest BCUT2D eigenvalue weighted by Crippen LogP contribution is 2.16. The van der Waals surface area contributed by atoms with E-state index in [1.54, 1.807) is 0 Å². The van der Waals surface area contributed by atoms with Crippen molar-refractivity contribution in [2.45, 2.75) is 6.42 Å². The number of aromatic nitrogens is 1. The molecule has 0 saturated carbocycles. The van der Waals surface area contributed by atoms with Crippen molar-refractivity contribution in [3.63, 3.8) is 0 Å². The molecule has 4 nitrogen and oxygen atoms in total. The minimum Gasteiger partial charge on any atom is -0.481 e. The summed E-state index contributed by atoms with van der Waals surface area (Å²) >= 11 is 0. The minimum absolute atomic E-state index is 0.0273. The Kier molecular flexibility index (Phi) is 2.63. The van der Waals surface area contributed by atoms with Gasteiger partial charge in [-0.25, -0.2) is 8.78 Å². The van der Waals surface area contributed by atoms with Crippen LogP contribution < -0.4 is 5.43 Å². The zero-order chi connectivity index (χ0) is 12.6. The molecule has 2 aromatic rings. The largest absolute Gasteiger partial charge is 0.481 e. The fraction of sp³-hybridized carbons (Fsp3) is 0.0909. The maximum Gasteiger partial charge on any atom is 0.309 e. The van der Waals surface area contributed by atoms with Gasteiger partial charge in [0.1, 0.15) is 11.6 Å². The van der Waals surface area contributed by atoms with E-state index >= 15 is 0 Å². The van der Waals surface area contributed by atoms with Crippen molar-refractivity contribution < 1.29 is 18.7 Å². The topological polar surface area (TPSA) is 70.2 Å². The second-order valence-electron chi connectivity index (χ2n) is 3.51. The molecule has 0 radical (unpaired) electrons. The van der Waals surface area contributed by atoms with Crippen molar-refractivity contribution in [3.05, 3.63) is 45.8 Å². The number of rotatable bonds is 2. The van der Waals surface area contributed by atoms with Crippen molar-refractivity contribution in [2.75, 3.05) is 0 Å². The molecule has 1 aromatic carbocycles. The Balaban J connectivity index is 2.77. The molecule has 0 amide bonds. The third kappa shape index (κ3) is 2.01. The summed E-state index contributed by atoms with van der Waals surface area (Å²) in [5.41, 5.74) is -1.03. The summed E-state index contributed by atoms with van der Waals surface area (Å²) in [6, 6.07) is 2.68. The Morgan fingerprint density at radius 3 is 2.59 bits per heavy atom. The number of pyridine rings is 1. The maximum atomic E-state index is 13.4. The number of hydrogen-bond acceptors (Lipinski definition) is 2. The molecular formula is C11H7F2NO3. The number of H-pyrrole nitrogens is 1. The van der Waals surface area contributed by atoms with E-state index < -0.39 is 34.8 Å². The first kappa shape index (κ1) is 11.3. The Labute approximate surface area is 93.5 Å². The van der Waals surface area contributed by atoms with E-state index in [0.717, 1.165) is 18.2 Å². The first-order valence-electron chi connectivity index (χ1n) is 4.70. The Bertz CT molecular complexity index is 664. The second-order valence-corrected chi connectivity index (χ2v) is 3.51. The van der Waals surface area contributed by atoms with Gasteiger partial charge in [0, 0.05) is 11.8 Å². The van der Waals surface area contributed by atoms with E-state index in [9.17, 15) is 18.4 Å². The summed E-state index contributed by atoms with van der Waals surface area (Å²) in [5.74, 6) is -2.81. The van der Waals surface area contributed by atoms with Crippen LogP contribution in [0.25, 0.3) is 10.9 Å². The number of carboxylic acids is 1. The Morgan fingerprint density at radius 2 is 1.94 bits per heavy atom. The van der Waals surface area contributed by atoms with E-state index in [1.165, 1.54) is 0 Å². The predicted octanol–water partition coefficient (Wildman–Crippen LogP) is 1.43. The highest BCUT2D eigenvalue weighted by molar-refractivity contribution is 5.80. The van der Waals surface area contributed by atoms with Crippen molar-refractivity contribution in [1.82, 2.24) is 4.98 Å². The first-order valence-corrected chi connectivity index (χ1v) is 4.70. The van der Waals surface area contributed by atoms with E-state index in [1.807, 2.05) is 0 Å². The molecule has 6 heteroatoms. The molecule has 0 atom stereocenters. The first-order chi connectivity index (χ1) is 7.99. The van der Waals surface area contributed by atoms with Gasteiger partial charge in [-0.1, -0.05) is 0 Å². The van der Waals surface area contributed by atoms with E-state index in [0.29, 0.717) is 0 Å². The van der Waals surface area contributed by atoms with Crippen LogP contribution in [0, 0.1) is 11.6 Å². The van der Waals surface area contributed by atoms with Crippen LogP contribution in [-0.2, 0) is 11.2 Å². The number of aromatic amines is 1. The number of halogens is 2. The molecule has 2 N–H and O–H groups in total. The predicted molar refractivity (Wildman–Crippen MR) is 55.8 cm³/mol. The van der Waals surface area contributed by atoms with Crippen molar-refractivity contribution in [3.8, 4) is 0 Å². The fourth-order valence-electron chi connectivity index (χ4n) is 1.60. The van der Waals surface area contributed by atoms with Gasteiger partial charge in [-0.15, -0.1) is 0 Å². The maximum absolute atomic E-state index is 13.4. The van der Waals surface area contributed by atoms with Gasteiger partial charge in [-0.2, -0.15) is 0 Å². The third-order valence-electron chi connectivity index (χ3n) is 2.28. The average Bonchev–Trinajstić information content (AvgIpc) is 2.22. The van der Waals surface area contributed by atoms with Gasteiger partial charge in [0.2, 0.25) is 0 Å². The molecule has 0 aliphatic heterocycles. The number of hydrogen-bond donors (Lipinski definition) is 2. The van der Waals surface area contributed by atoms with Gasteiger partial charge in [-0.05, 0) is 12.1 Å². The quantitative estimate of drug-likeness (QED) is 0.832. The standard InChI is InChI=1S/C11H7F2NO3/c12-6-1-2-7(13)11-10(6)8(15)3-5(14-11)4-9(16)17/h1-3H,4H2,(H,14,15)(H,16,17). The summed E-state index contributed by atoms with van der Waals surface area (Å²) in [7, 11) is 0. The Morgan fingerprint density at radius 1 is 1.29 bits per heavy atom. The van der Waals surface area contributed by atoms with Crippen LogP contribution in [0.1, 0.15) is 5.69 Å². The van der Waals surface area contributed by atoms with Crippen LogP contribution in [0.5, 0.6) is 0 Å². The molecule has 88 valence electrons. The highest BCUT2D eigenvalue weighted by atomic mass is 19.1. The molecule has 0 bridgehead atoms. The van der Waals surface area contributed by atoms with Crippen LogP contribution in [-0.4, -0.2) is 16.1 Å². The molecule has 17 heavy (non-hydrogen) atoms. The van der Waals surface area contributed by atoms with Crippen LogP contribution >= 0.6 is 0 Å². The fourth-order valence-corrected chi connectivity index (χ4v) is 1.60. The summed E-state index contributed by atoms with van der Waals surface area (Å²) in [6.07, 6.45) is -0.457. The third-order valence-corrected chi connectivity index (χ3v) is 2.28. The zero-order valence-electron chi connectivity index (χ0n) is 8.46. The smallest absolute Gasteiger partial charge is 0.309 e. The molecule has 1 aromatic heterocycles. The van der Waals surface area contributed by atoms with Crippen LogP contribution in [0.3, 0.4) is 0 Å². The van der Waals surface area contributed by atoms with Crippen LogP contribution in [0.4, 0.5) is 8.78 Å². The van der Waals surface area contributed by atoms with Gasteiger partial charge in [0.15, 0.2) is 5.43 Å². The van der Waals surface area contributed by atoms with E-state index in [-0.39, 0.29) is 11.2 Å².